The Morgan fingerprint density at radius 3 is 2.97 bits per heavy atom. The zero-order valence-electron chi connectivity index (χ0n) is 16.4. The number of aromatic nitrogens is 2. The Hall–Kier alpha value is -2.71. The highest BCUT2D eigenvalue weighted by molar-refractivity contribution is 5.92. The molecule has 1 atom stereocenters. The first kappa shape index (κ1) is 19.6. The summed E-state index contributed by atoms with van der Waals surface area (Å²) in [5.74, 6) is 0.274. The van der Waals surface area contributed by atoms with Gasteiger partial charge in [-0.25, -0.2) is 9.97 Å². The van der Waals surface area contributed by atoms with E-state index in [-0.39, 0.29) is 24.2 Å². The number of aliphatic hydroxyl groups excluding tert-OH is 1. The fourth-order valence-electron chi connectivity index (χ4n) is 3.67. The molecule has 2 aliphatic rings. The Labute approximate surface area is 170 Å². The Morgan fingerprint density at radius 2 is 2.14 bits per heavy atom. The minimum atomic E-state index is -0.670. The van der Waals surface area contributed by atoms with Crippen LogP contribution in [0.4, 0.5) is 11.5 Å². The first-order chi connectivity index (χ1) is 14.2. The third kappa shape index (κ3) is 5.02. The van der Waals surface area contributed by atoms with E-state index >= 15 is 0 Å². The highest BCUT2D eigenvalue weighted by atomic mass is 16.5. The topological polar surface area (TPSA) is 99.6 Å². The maximum atomic E-state index is 12.4. The van der Waals surface area contributed by atoms with Gasteiger partial charge in [-0.1, -0.05) is 18.2 Å². The average molecular weight is 397 g/mol. The highest BCUT2D eigenvalue weighted by Crippen LogP contribution is 2.26. The second kappa shape index (κ2) is 9.19. The van der Waals surface area contributed by atoms with E-state index in [0.717, 1.165) is 25.8 Å². The molecule has 3 N–H and O–H groups in total. The number of rotatable bonds is 7. The largest absolute Gasteiger partial charge is 0.389 e. The summed E-state index contributed by atoms with van der Waals surface area (Å²) < 4.78 is 5.12. The number of aliphatic hydroxyl groups is 1. The number of carbonyl (C=O) groups is 1. The van der Waals surface area contributed by atoms with Crippen LogP contribution < -0.4 is 15.5 Å². The third-order valence-corrected chi connectivity index (χ3v) is 5.28. The number of carbonyl (C=O) groups excluding carboxylic acids is 1. The van der Waals surface area contributed by atoms with Crippen LogP contribution in [0, 0.1) is 0 Å². The number of hydrogen-bond donors (Lipinski definition) is 3. The number of nitrogens with zero attached hydrogens (tertiary/aromatic N) is 3. The molecule has 1 aromatic heterocycles. The number of benzene rings is 1. The number of β-amino-alcohol motifs (C(OH)–C–C–N with tert-alkyl or cyclic N) is 1. The maximum Gasteiger partial charge on any atom is 0.270 e. The van der Waals surface area contributed by atoms with Gasteiger partial charge in [-0.05, 0) is 30.9 Å². The van der Waals surface area contributed by atoms with Gasteiger partial charge in [0, 0.05) is 31.4 Å². The molecule has 1 unspecified atom stereocenters. The van der Waals surface area contributed by atoms with Gasteiger partial charge < -0.3 is 25.4 Å². The second-order valence-electron chi connectivity index (χ2n) is 7.56. The van der Waals surface area contributed by atoms with Crippen molar-refractivity contribution in [1.82, 2.24) is 15.3 Å². The van der Waals surface area contributed by atoms with Crippen LogP contribution in [-0.4, -0.2) is 66.0 Å². The molecule has 29 heavy (non-hydrogen) atoms. The van der Waals surface area contributed by atoms with Crippen molar-refractivity contribution in [2.45, 2.75) is 31.4 Å². The van der Waals surface area contributed by atoms with Crippen molar-refractivity contribution in [3.05, 3.63) is 47.9 Å². The third-order valence-electron chi connectivity index (χ3n) is 5.28. The number of anilines is 2. The van der Waals surface area contributed by atoms with Gasteiger partial charge in [-0.15, -0.1) is 0 Å². The summed E-state index contributed by atoms with van der Waals surface area (Å²) >= 11 is 0. The second-order valence-corrected chi connectivity index (χ2v) is 7.56. The smallest absolute Gasteiger partial charge is 0.270 e. The lowest BCUT2D eigenvalue weighted by atomic mass is 10.1. The lowest BCUT2D eigenvalue weighted by molar-refractivity contribution is 0.0209. The lowest BCUT2D eigenvalue weighted by Crippen LogP contribution is -2.41. The van der Waals surface area contributed by atoms with Crippen molar-refractivity contribution in [2.75, 3.05) is 43.1 Å². The van der Waals surface area contributed by atoms with E-state index in [4.69, 9.17) is 4.74 Å². The zero-order valence-corrected chi connectivity index (χ0v) is 16.4. The predicted octanol–water partition coefficient (Wildman–Crippen LogP) is 1.22. The van der Waals surface area contributed by atoms with Crippen LogP contribution in [0.15, 0.2) is 36.7 Å². The maximum absolute atomic E-state index is 12.4. The molecular formula is C21H27N5O3. The van der Waals surface area contributed by atoms with E-state index in [9.17, 15) is 9.90 Å². The fourth-order valence-corrected chi connectivity index (χ4v) is 3.67. The summed E-state index contributed by atoms with van der Waals surface area (Å²) in [5, 5.41) is 16.5. The molecule has 1 saturated heterocycles. The normalized spacial score (nSPS) is 17.6. The summed E-state index contributed by atoms with van der Waals surface area (Å²) in [6.07, 6.45) is 4.00. The van der Waals surface area contributed by atoms with Crippen LogP contribution in [0.3, 0.4) is 0 Å². The van der Waals surface area contributed by atoms with Crippen molar-refractivity contribution >= 4 is 17.4 Å². The molecular weight excluding hydrogens is 370 g/mol. The van der Waals surface area contributed by atoms with Gasteiger partial charge in [0.05, 0.1) is 25.4 Å². The molecule has 2 aliphatic heterocycles. The first-order valence-corrected chi connectivity index (χ1v) is 10.1. The van der Waals surface area contributed by atoms with Crippen LogP contribution in [0.5, 0.6) is 0 Å². The summed E-state index contributed by atoms with van der Waals surface area (Å²) in [4.78, 5) is 22.8. The minimum absolute atomic E-state index is 0.167. The first-order valence-electron chi connectivity index (χ1n) is 10.1. The van der Waals surface area contributed by atoms with Gasteiger partial charge in [0.2, 0.25) is 0 Å². The monoisotopic (exact) mass is 397 g/mol. The van der Waals surface area contributed by atoms with Gasteiger partial charge in [0.15, 0.2) is 0 Å². The number of ether oxygens (including phenoxy) is 1. The summed E-state index contributed by atoms with van der Waals surface area (Å²) in [5.41, 5.74) is 2.77. The summed E-state index contributed by atoms with van der Waals surface area (Å²) in [6, 6.07) is 10.2. The summed E-state index contributed by atoms with van der Waals surface area (Å²) in [6.45, 7) is 2.83. The standard InChI is InChI=1S/C21H27N5O3/c27-17(11-26-8-4-3-6-15-5-1-2-7-19(15)26)10-22-21(28)18-9-20(24-14-23-18)25-16-12-29-13-16/h1-2,5,7,9,14,16-17,27H,3-4,6,8,10-13H2,(H,22,28)(H,23,24,25). The van der Waals surface area contributed by atoms with Crippen molar-refractivity contribution in [3.8, 4) is 0 Å². The van der Waals surface area contributed by atoms with E-state index in [0.29, 0.717) is 25.6 Å². The average Bonchev–Trinajstić information content (AvgIpc) is 2.91. The van der Waals surface area contributed by atoms with Crippen molar-refractivity contribution < 1.29 is 14.6 Å². The van der Waals surface area contributed by atoms with E-state index in [1.807, 2.05) is 6.07 Å². The van der Waals surface area contributed by atoms with Gasteiger partial charge in [-0.3, -0.25) is 4.79 Å². The van der Waals surface area contributed by atoms with Crippen LogP contribution in [0.25, 0.3) is 0 Å². The molecule has 1 amide bonds. The molecule has 4 rings (SSSR count). The molecule has 1 aromatic carbocycles. The molecule has 1 fully saturated rings. The van der Waals surface area contributed by atoms with Gasteiger partial charge >= 0.3 is 0 Å². The molecule has 8 nitrogen and oxygen atoms in total. The predicted molar refractivity (Wildman–Crippen MR) is 110 cm³/mol. The molecule has 0 aliphatic carbocycles. The molecule has 2 aromatic rings. The Bertz CT molecular complexity index is 843. The zero-order chi connectivity index (χ0) is 20.1. The highest BCUT2D eigenvalue weighted by Gasteiger charge is 2.20. The lowest BCUT2D eigenvalue weighted by Gasteiger charge is -2.27. The number of fused-ring (bicyclic) bond motifs is 1. The van der Waals surface area contributed by atoms with Gasteiger partial charge in [0.25, 0.3) is 5.91 Å². The molecule has 8 heteroatoms. The number of aryl methyl sites for hydroxylation is 1. The number of para-hydroxylation sites is 1. The van der Waals surface area contributed by atoms with Gasteiger partial charge in [-0.2, -0.15) is 0 Å². The van der Waals surface area contributed by atoms with Crippen LogP contribution >= 0.6 is 0 Å². The van der Waals surface area contributed by atoms with Gasteiger partial charge in [0.1, 0.15) is 17.8 Å². The minimum Gasteiger partial charge on any atom is -0.389 e. The molecule has 0 radical (unpaired) electrons. The van der Waals surface area contributed by atoms with Crippen molar-refractivity contribution in [1.29, 1.82) is 0 Å². The van der Waals surface area contributed by atoms with Crippen molar-refractivity contribution in [3.63, 3.8) is 0 Å². The Kier molecular flexibility index (Phi) is 6.21. The Balaban J connectivity index is 1.31. The molecule has 0 spiro atoms. The molecule has 3 heterocycles. The number of nitrogens with one attached hydrogen (secondary N) is 2. The fraction of sp³-hybridized carbons (Fsp3) is 0.476. The van der Waals surface area contributed by atoms with Crippen LogP contribution in [-0.2, 0) is 11.2 Å². The number of amides is 1. The van der Waals surface area contributed by atoms with Crippen molar-refractivity contribution in [2.24, 2.45) is 0 Å². The van der Waals surface area contributed by atoms with Crippen LogP contribution in [0.2, 0.25) is 0 Å². The summed E-state index contributed by atoms with van der Waals surface area (Å²) in [7, 11) is 0. The Morgan fingerprint density at radius 1 is 1.28 bits per heavy atom. The SMILES string of the molecule is O=C(NCC(O)CN1CCCCc2ccccc21)c1cc(NC2COC2)ncn1. The molecule has 0 bridgehead atoms. The number of hydrogen-bond acceptors (Lipinski definition) is 7. The van der Waals surface area contributed by atoms with Crippen LogP contribution in [0.1, 0.15) is 28.9 Å². The van der Waals surface area contributed by atoms with E-state index in [2.05, 4.69) is 43.7 Å². The molecule has 154 valence electrons. The quantitative estimate of drug-likeness (QED) is 0.646. The van der Waals surface area contributed by atoms with E-state index < -0.39 is 6.10 Å². The van der Waals surface area contributed by atoms with E-state index in [1.165, 1.54) is 17.6 Å². The molecule has 0 saturated carbocycles. The van der Waals surface area contributed by atoms with E-state index in [1.54, 1.807) is 6.07 Å².